The van der Waals surface area contributed by atoms with E-state index in [0.29, 0.717) is 10.7 Å². The summed E-state index contributed by atoms with van der Waals surface area (Å²) in [6.45, 7) is 8.22. The number of carbonyl (C=O) groups is 1. The summed E-state index contributed by atoms with van der Waals surface area (Å²) in [5.74, 6) is 0.525. The number of para-hydroxylation sites is 1. The Kier molecular flexibility index (Phi) is 5.32. The maximum Gasteiger partial charge on any atom is 0.262 e. The number of hydrogen-bond donors (Lipinski definition) is 1. The minimum absolute atomic E-state index is 0.0426. The first-order valence-electron chi connectivity index (χ1n) is 7.55. The van der Waals surface area contributed by atoms with Crippen molar-refractivity contribution < 1.29 is 9.53 Å². The van der Waals surface area contributed by atoms with E-state index in [0.717, 1.165) is 16.9 Å². The van der Waals surface area contributed by atoms with Crippen molar-refractivity contribution in [3.8, 4) is 5.75 Å². The Bertz CT molecular complexity index is 705. The third-order valence-corrected chi connectivity index (χ3v) is 3.76. The van der Waals surface area contributed by atoms with Crippen molar-refractivity contribution in [2.24, 2.45) is 0 Å². The molecule has 2 aromatic carbocycles. The first-order chi connectivity index (χ1) is 10.8. The molecule has 0 spiro atoms. The average Bonchev–Trinajstić information content (AvgIpc) is 2.48. The summed E-state index contributed by atoms with van der Waals surface area (Å²) in [4.78, 5) is 12.1. The summed E-state index contributed by atoms with van der Waals surface area (Å²) in [5.41, 5.74) is 2.69. The highest BCUT2D eigenvalue weighted by Gasteiger charge is 2.19. The predicted molar refractivity (Wildman–Crippen MR) is 95.5 cm³/mol. The second kappa shape index (κ2) is 7.05. The quantitative estimate of drug-likeness (QED) is 0.859. The summed E-state index contributed by atoms with van der Waals surface area (Å²) in [6, 6.07) is 13.2. The van der Waals surface area contributed by atoms with Gasteiger partial charge in [0.15, 0.2) is 6.61 Å². The normalized spacial score (nSPS) is 11.2. The van der Waals surface area contributed by atoms with E-state index < -0.39 is 0 Å². The van der Waals surface area contributed by atoms with Crippen molar-refractivity contribution >= 4 is 23.2 Å². The fourth-order valence-corrected chi connectivity index (χ4v) is 2.44. The third-order valence-electron chi connectivity index (χ3n) is 3.53. The van der Waals surface area contributed by atoms with Gasteiger partial charge in [-0.1, -0.05) is 56.6 Å². The molecule has 0 radical (unpaired) electrons. The zero-order valence-corrected chi connectivity index (χ0v) is 14.7. The van der Waals surface area contributed by atoms with E-state index in [4.69, 9.17) is 16.3 Å². The van der Waals surface area contributed by atoms with E-state index in [2.05, 4.69) is 26.1 Å². The van der Waals surface area contributed by atoms with Gasteiger partial charge in [-0.05, 0) is 41.7 Å². The molecule has 0 aliphatic rings. The first-order valence-corrected chi connectivity index (χ1v) is 7.93. The number of anilines is 1. The zero-order valence-electron chi connectivity index (χ0n) is 13.9. The van der Waals surface area contributed by atoms with Gasteiger partial charge in [-0.15, -0.1) is 0 Å². The first kappa shape index (κ1) is 17.4. The van der Waals surface area contributed by atoms with Crippen molar-refractivity contribution in [1.29, 1.82) is 0 Å². The molecule has 4 heteroatoms. The molecule has 0 atom stereocenters. The van der Waals surface area contributed by atoms with Gasteiger partial charge in [0.05, 0.1) is 0 Å². The van der Waals surface area contributed by atoms with Crippen LogP contribution in [0.1, 0.15) is 31.9 Å². The molecule has 23 heavy (non-hydrogen) atoms. The Balaban J connectivity index is 2.04. The molecule has 0 aliphatic heterocycles. The maximum atomic E-state index is 12.1. The number of carbonyl (C=O) groups excluding carboxylic acids is 1. The summed E-state index contributed by atoms with van der Waals surface area (Å²) < 4.78 is 5.72. The molecule has 1 amide bonds. The minimum atomic E-state index is -0.209. The van der Waals surface area contributed by atoms with Crippen LogP contribution in [0, 0.1) is 6.92 Å². The average molecular weight is 332 g/mol. The Labute approximate surface area is 142 Å². The SMILES string of the molecule is Cc1ccc(Cl)cc1NC(=O)COc1ccccc1C(C)(C)C. The van der Waals surface area contributed by atoms with Crippen LogP contribution in [0.4, 0.5) is 5.69 Å². The molecule has 0 heterocycles. The molecule has 0 aromatic heterocycles. The molecule has 2 aromatic rings. The summed E-state index contributed by atoms with van der Waals surface area (Å²) in [7, 11) is 0. The second-order valence-corrected chi connectivity index (χ2v) is 6.98. The molecule has 0 aliphatic carbocycles. The number of hydrogen-bond acceptors (Lipinski definition) is 2. The molecule has 0 saturated heterocycles. The smallest absolute Gasteiger partial charge is 0.262 e. The molecule has 122 valence electrons. The molecular formula is C19H22ClNO2. The fraction of sp³-hybridized carbons (Fsp3) is 0.316. The summed E-state index contributed by atoms with van der Waals surface area (Å²) in [6.07, 6.45) is 0. The van der Waals surface area contributed by atoms with E-state index in [1.54, 1.807) is 12.1 Å². The van der Waals surface area contributed by atoms with Gasteiger partial charge in [-0.3, -0.25) is 4.79 Å². The van der Waals surface area contributed by atoms with Gasteiger partial charge in [0.25, 0.3) is 5.91 Å². The Morgan fingerprint density at radius 1 is 1.17 bits per heavy atom. The van der Waals surface area contributed by atoms with Crippen LogP contribution in [0.25, 0.3) is 0 Å². The molecule has 0 saturated carbocycles. The molecule has 2 rings (SSSR count). The predicted octanol–water partition coefficient (Wildman–Crippen LogP) is 4.96. The molecule has 3 nitrogen and oxygen atoms in total. The Morgan fingerprint density at radius 3 is 2.57 bits per heavy atom. The topological polar surface area (TPSA) is 38.3 Å². The Morgan fingerprint density at radius 2 is 1.87 bits per heavy atom. The molecule has 1 N–H and O–H groups in total. The summed E-state index contributed by atoms with van der Waals surface area (Å²) >= 11 is 5.96. The second-order valence-electron chi connectivity index (χ2n) is 6.54. The monoisotopic (exact) mass is 331 g/mol. The van der Waals surface area contributed by atoms with Gasteiger partial charge in [-0.25, -0.2) is 0 Å². The molecule has 0 bridgehead atoms. The van der Waals surface area contributed by atoms with Crippen LogP contribution in [0.5, 0.6) is 5.75 Å². The largest absolute Gasteiger partial charge is 0.483 e. The van der Waals surface area contributed by atoms with Crippen molar-refractivity contribution in [2.45, 2.75) is 33.1 Å². The van der Waals surface area contributed by atoms with E-state index in [1.807, 2.05) is 37.3 Å². The lowest BCUT2D eigenvalue weighted by Gasteiger charge is -2.22. The van der Waals surface area contributed by atoms with E-state index in [1.165, 1.54) is 0 Å². The van der Waals surface area contributed by atoms with E-state index >= 15 is 0 Å². The molecule has 0 unspecified atom stereocenters. The van der Waals surface area contributed by atoms with Crippen LogP contribution in [-0.4, -0.2) is 12.5 Å². The molecular weight excluding hydrogens is 310 g/mol. The van der Waals surface area contributed by atoms with Crippen molar-refractivity contribution in [1.82, 2.24) is 0 Å². The zero-order chi connectivity index (χ0) is 17.0. The Hall–Kier alpha value is -2.00. The van der Waals surface area contributed by atoms with Crippen LogP contribution in [0.3, 0.4) is 0 Å². The number of benzene rings is 2. The van der Waals surface area contributed by atoms with Gasteiger partial charge in [0.2, 0.25) is 0 Å². The van der Waals surface area contributed by atoms with Gasteiger partial charge in [0, 0.05) is 10.7 Å². The number of ether oxygens (including phenoxy) is 1. The highest BCUT2D eigenvalue weighted by atomic mass is 35.5. The van der Waals surface area contributed by atoms with Crippen molar-refractivity contribution in [3.63, 3.8) is 0 Å². The van der Waals surface area contributed by atoms with Crippen LogP contribution >= 0.6 is 11.6 Å². The fourth-order valence-electron chi connectivity index (χ4n) is 2.27. The lowest BCUT2D eigenvalue weighted by atomic mass is 9.86. The number of halogens is 1. The van der Waals surface area contributed by atoms with Crippen LogP contribution in [0.2, 0.25) is 5.02 Å². The van der Waals surface area contributed by atoms with Gasteiger partial charge in [0.1, 0.15) is 5.75 Å². The lowest BCUT2D eigenvalue weighted by molar-refractivity contribution is -0.118. The van der Waals surface area contributed by atoms with Crippen LogP contribution < -0.4 is 10.1 Å². The van der Waals surface area contributed by atoms with Gasteiger partial charge >= 0.3 is 0 Å². The van der Waals surface area contributed by atoms with E-state index in [-0.39, 0.29) is 17.9 Å². The van der Waals surface area contributed by atoms with Crippen LogP contribution in [0.15, 0.2) is 42.5 Å². The maximum absolute atomic E-state index is 12.1. The van der Waals surface area contributed by atoms with Gasteiger partial charge < -0.3 is 10.1 Å². The number of rotatable bonds is 4. The van der Waals surface area contributed by atoms with Gasteiger partial charge in [-0.2, -0.15) is 0 Å². The lowest BCUT2D eigenvalue weighted by Crippen LogP contribution is -2.22. The number of aryl methyl sites for hydroxylation is 1. The number of amides is 1. The summed E-state index contributed by atoms with van der Waals surface area (Å²) in [5, 5.41) is 3.42. The van der Waals surface area contributed by atoms with Crippen molar-refractivity contribution in [2.75, 3.05) is 11.9 Å². The highest BCUT2D eigenvalue weighted by molar-refractivity contribution is 6.31. The van der Waals surface area contributed by atoms with Crippen molar-refractivity contribution in [3.05, 3.63) is 58.6 Å². The minimum Gasteiger partial charge on any atom is -0.483 e. The van der Waals surface area contributed by atoms with E-state index in [9.17, 15) is 4.79 Å². The highest BCUT2D eigenvalue weighted by Crippen LogP contribution is 2.30. The van der Waals surface area contributed by atoms with Crippen LogP contribution in [-0.2, 0) is 10.2 Å². The third kappa shape index (κ3) is 4.73. The standard InChI is InChI=1S/C19H22ClNO2/c1-13-9-10-14(20)11-16(13)21-18(22)12-23-17-8-6-5-7-15(17)19(2,3)4/h5-11H,12H2,1-4H3,(H,21,22). The number of nitrogens with one attached hydrogen (secondary N) is 1. The molecule has 0 fully saturated rings.